The van der Waals surface area contributed by atoms with Crippen LogP contribution < -0.4 is 4.74 Å². The van der Waals surface area contributed by atoms with E-state index < -0.39 is 0 Å². The standard InChI is InChI=1S/C11H13BrCl2O/c1-6(2)11(12)7-4-9(14)10(15-3)5-8(7)13/h4-6,11H,1-3H3. The predicted octanol–water partition coefficient (Wildman–Crippen LogP) is 5.09. The lowest BCUT2D eigenvalue weighted by Gasteiger charge is -2.17. The van der Waals surface area contributed by atoms with E-state index in [1.165, 1.54) is 0 Å². The van der Waals surface area contributed by atoms with Gasteiger partial charge < -0.3 is 4.74 Å². The van der Waals surface area contributed by atoms with E-state index in [2.05, 4.69) is 29.8 Å². The minimum absolute atomic E-state index is 0.202. The summed E-state index contributed by atoms with van der Waals surface area (Å²) in [5.74, 6) is 1.06. The van der Waals surface area contributed by atoms with Gasteiger partial charge in [-0.25, -0.2) is 0 Å². The molecule has 0 aromatic heterocycles. The molecule has 0 N–H and O–H groups in total. The highest BCUT2D eigenvalue weighted by Gasteiger charge is 2.17. The maximum absolute atomic E-state index is 6.15. The van der Waals surface area contributed by atoms with E-state index in [4.69, 9.17) is 27.9 Å². The molecule has 1 nitrogen and oxygen atoms in total. The van der Waals surface area contributed by atoms with Crippen molar-refractivity contribution in [2.75, 3.05) is 7.11 Å². The Morgan fingerprint density at radius 2 is 1.80 bits per heavy atom. The first-order valence-corrected chi connectivity index (χ1v) is 6.31. The molecule has 0 aliphatic carbocycles. The molecule has 0 amide bonds. The highest BCUT2D eigenvalue weighted by Crippen LogP contribution is 2.39. The molecule has 15 heavy (non-hydrogen) atoms. The predicted molar refractivity (Wildman–Crippen MR) is 69.5 cm³/mol. The Morgan fingerprint density at radius 3 is 2.27 bits per heavy atom. The zero-order valence-corrected chi connectivity index (χ0v) is 11.9. The van der Waals surface area contributed by atoms with E-state index in [-0.39, 0.29) is 4.83 Å². The topological polar surface area (TPSA) is 9.23 Å². The van der Waals surface area contributed by atoms with Crippen LogP contribution >= 0.6 is 39.1 Å². The van der Waals surface area contributed by atoms with Crippen LogP contribution in [0.2, 0.25) is 10.0 Å². The van der Waals surface area contributed by atoms with Crippen LogP contribution in [0.3, 0.4) is 0 Å². The SMILES string of the molecule is COc1cc(Cl)c(C(Br)C(C)C)cc1Cl. The monoisotopic (exact) mass is 310 g/mol. The van der Waals surface area contributed by atoms with E-state index in [9.17, 15) is 0 Å². The maximum Gasteiger partial charge on any atom is 0.138 e. The lowest BCUT2D eigenvalue weighted by molar-refractivity contribution is 0.415. The van der Waals surface area contributed by atoms with Crippen LogP contribution in [0.15, 0.2) is 12.1 Å². The quantitative estimate of drug-likeness (QED) is 0.706. The fourth-order valence-electron chi connectivity index (χ4n) is 1.27. The summed E-state index contributed by atoms with van der Waals surface area (Å²) in [5, 5.41) is 1.26. The molecule has 1 atom stereocenters. The molecule has 4 heteroatoms. The summed E-state index contributed by atoms with van der Waals surface area (Å²) in [7, 11) is 1.57. The van der Waals surface area contributed by atoms with Crippen LogP contribution in [-0.2, 0) is 0 Å². The van der Waals surface area contributed by atoms with Crippen molar-refractivity contribution in [2.24, 2.45) is 5.92 Å². The highest BCUT2D eigenvalue weighted by atomic mass is 79.9. The van der Waals surface area contributed by atoms with Crippen LogP contribution in [0.4, 0.5) is 0 Å². The van der Waals surface area contributed by atoms with Gasteiger partial charge in [0.15, 0.2) is 0 Å². The largest absolute Gasteiger partial charge is 0.495 e. The van der Waals surface area contributed by atoms with E-state index in [0.29, 0.717) is 21.7 Å². The molecule has 1 aromatic carbocycles. The van der Waals surface area contributed by atoms with Crippen LogP contribution in [0.5, 0.6) is 5.75 Å². The first kappa shape index (κ1) is 13.1. The third-order valence-electron chi connectivity index (χ3n) is 2.15. The van der Waals surface area contributed by atoms with Crippen LogP contribution in [0.1, 0.15) is 24.2 Å². The van der Waals surface area contributed by atoms with Gasteiger partial charge in [0.05, 0.1) is 12.1 Å². The Kier molecular flexibility index (Phi) is 4.75. The Hall–Kier alpha value is 0.0800. The van der Waals surface area contributed by atoms with Crippen molar-refractivity contribution in [3.8, 4) is 5.75 Å². The number of halogens is 3. The molecule has 0 radical (unpaired) electrons. The van der Waals surface area contributed by atoms with Crippen LogP contribution in [0, 0.1) is 5.92 Å². The molecule has 0 spiro atoms. The Morgan fingerprint density at radius 1 is 1.20 bits per heavy atom. The van der Waals surface area contributed by atoms with Gasteiger partial charge >= 0.3 is 0 Å². The summed E-state index contributed by atoms with van der Waals surface area (Å²) in [6, 6.07) is 3.60. The van der Waals surface area contributed by atoms with Gasteiger partial charge in [-0.05, 0) is 17.5 Å². The third-order valence-corrected chi connectivity index (χ3v) is 4.33. The second-order valence-corrected chi connectivity index (χ2v) is 5.45. The van der Waals surface area contributed by atoms with Crippen LogP contribution in [0.25, 0.3) is 0 Å². The van der Waals surface area contributed by atoms with Crippen molar-refractivity contribution in [1.29, 1.82) is 0 Å². The number of alkyl halides is 1. The maximum atomic E-state index is 6.15. The van der Waals surface area contributed by atoms with E-state index >= 15 is 0 Å². The molecular formula is C11H13BrCl2O. The first-order chi connectivity index (χ1) is 6.97. The third kappa shape index (κ3) is 3.02. The zero-order chi connectivity index (χ0) is 11.6. The van der Waals surface area contributed by atoms with Crippen molar-refractivity contribution >= 4 is 39.1 Å². The van der Waals surface area contributed by atoms with Gasteiger partial charge in [-0.15, -0.1) is 0 Å². The van der Waals surface area contributed by atoms with Crippen molar-refractivity contribution < 1.29 is 4.74 Å². The molecule has 84 valence electrons. The summed E-state index contributed by atoms with van der Waals surface area (Å²) in [6.45, 7) is 4.24. The van der Waals surface area contributed by atoms with Gasteiger partial charge in [-0.3, -0.25) is 0 Å². The Bertz CT molecular complexity index is 353. The molecule has 0 saturated heterocycles. The van der Waals surface area contributed by atoms with Gasteiger partial charge in [0, 0.05) is 15.9 Å². The molecule has 1 aromatic rings. The summed E-state index contributed by atoms with van der Waals surface area (Å²) < 4.78 is 5.09. The number of benzene rings is 1. The summed E-state index contributed by atoms with van der Waals surface area (Å²) in [5.41, 5.74) is 0.998. The number of hydrogen-bond donors (Lipinski definition) is 0. The van der Waals surface area contributed by atoms with Gasteiger partial charge in [0.25, 0.3) is 0 Å². The van der Waals surface area contributed by atoms with Crippen molar-refractivity contribution in [3.63, 3.8) is 0 Å². The van der Waals surface area contributed by atoms with Gasteiger partial charge in [-0.1, -0.05) is 53.0 Å². The van der Waals surface area contributed by atoms with Crippen molar-refractivity contribution in [2.45, 2.75) is 18.7 Å². The molecule has 0 heterocycles. The summed E-state index contributed by atoms with van der Waals surface area (Å²) in [4.78, 5) is 0.202. The molecule has 0 aliphatic rings. The average molecular weight is 312 g/mol. The molecule has 1 rings (SSSR count). The fraction of sp³-hybridized carbons (Fsp3) is 0.455. The first-order valence-electron chi connectivity index (χ1n) is 4.64. The number of rotatable bonds is 3. The normalized spacial score (nSPS) is 13.0. The fourth-order valence-corrected chi connectivity index (χ4v) is 2.30. The van der Waals surface area contributed by atoms with E-state index in [1.807, 2.05) is 6.07 Å². The molecular weight excluding hydrogens is 299 g/mol. The average Bonchev–Trinajstić information content (AvgIpc) is 2.19. The zero-order valence-electron chi connectivity index (χ0n) is 8.85. The Labute approximate surface area is 109 Å². The minimum Gasteiger partial charge on any atom is -0.495 e. The minimum atomic E-state index is 0.202. The number of methoxy groups -OCH3 is 1. The smallest absolute Gasteiger partial charge is 0.138 e. The highest BCUT2D eigenvalue weighted by molar-refractivity contribution is 9.09. The van der Waals surface area contributed by atoms with Crippen LogP contribution in [-0.4, -0.2) is 7.11 Å². The van der Waals surface area contributed by atoms with Crippen molar-refractivity contribution in [1.82, 2.24) is 0 Å². The molecule has 0 bridgehead atoms. The lowest BCUT2D eigenvalue weighted by Crippen LogP contribution is -2.00. The molecule has 0 aliphatic heterocycles. The summed E-state index contributed by atoms with van der Waals surface area (Å²) >= 11 is 15.8. The molecule has 0 fully saturated rings. The second-order valence-electron chi connectivity index (χ2n) is 3.65. The van der Waals surface area contributed by atoms with E-state index in [1.54, 1.807) is 13.2 Å². The van der Waals surface area contributed by atoms with Gasteiger partial charge in [0.1, 0.15) is 5.75 Å². The van der Waals surface area contributed by atoms with Gasteiger partial charge in [0.2, 0.25) is 0 Å². The molecule has 1 unspecified atom stereocenters. The van der Waals surface area contributed by atoms with E-state index in [0.717, 1.165) is 5.56 Å². The summed E-state index contributed by atoms with van der Waals surface area (Å²) in [6.07, 6.45) is 0. The Balaban J connectivity index is 3.15. The number of hydrogen-bond acceptors (Lipinski definition) is 1. The molecule has 0 saturated carbocycles. The lowest BCUT2D eigenvalue weighted by atomic mass is 10.0. The second kappa shape index (κ2) is 5.42. The van der Waals surface area contributed by atoms with Crippen molar-refractivity contribution in [3.05, 3.63) is 27.7 Å². The number of ether oxygens (including phenoxy) is 1. The van der Waals surface area contributed by atoms with Gasteiger partial charge in [-0.2, -0.15) is 0 Å².